The lowest BCUT2D eigenvalue weighted by Crippen LogP contribution is -2.37. The highest BCUT2D eigenvalue weighted by Gasteiger charge is 2.18. The van der Waals surface area contributed by atoms with Crippen molar-refractivity contribution in [2.75, 3.05) is 19.6 Å². The summed E-state index contributed by atoms with van der Waals surface area (Å²) >= 11 is 0. The topological polar surface area (TPSA) is 20.3 Å². The second-order valence-corrected chi connectivity index (χ2v) is 5.27. The van der Waals surface area contributed by atoms with Crippen molar-refractivity contribution >= 4 is 5.78 Å². The Bertz CT molecular complexity index is 411. The zero-order valence-corrected chi connectivity index (χ0v) is 10.9. The Hall–Kier alpha value is -1.22. The Kier molecular flexibility index (Phi) is 4.48. The van der Waals surface area contributed by atoms with Crippen LogP contribution < -0.4 is 0 Å². The van der Waals surface area contributed by atoms with E-state index in [4.69, 9.17) is 0 Å². The Morgan fingerprint density at radius 3 is 2.67 bits per heavy atom. The second kappa shape index (κ2) is 6.10. The van der Waals surface area contributed by atoms with Crippen LogP contribution in [0.1, 0.15) is 25.3 Å². The van der Waals surface area contributed by atoms with Crippen LogP contribution in [0.3, 0.4) is 0 Å². The summed E-state index contributed by atoms with van der Waals surface area (Å²) in [5.74, 6) is 0.593. The smallest absolute Gasteiger partial charge is 0.151 e. The minimum Gasteiger partial charge on any atom is -0.298 e. The van der Waals surface area contributed by atoms with Crippen molar-refractivity contribution in [3.63, 3.8) is 0 Å². The molecule has 1 heterocycles. The normalized spacial score (nSPS) is 17.9. The van der Waals surface area contributed by atoms with Gasteiger partial charge in [-0.3, -0.25) is 9.69 Å². The number of Topliss-reactive ketones (excluding diaryl/α,β-unsaturated/α-hetero) is 1. The number of benzene rings is 1. The van der Waals surface area contributed by atoms with Gasteiger partial charge in [0, 0.05) is 6.42 Å². The van der Waals surface area contributed by atoms with Gasteiger partial charge in [0.1, 0.15) is 5.82 Å². The Morgan fingerprint density at radius 1 is 1.33 bits per heavy atom. The van der Waals surface area contributed by atoms with Gasteiger partial charge >= 0.3 is 0 Å². The van der Waals surface area contributed by atoms with Crippen molar-refractivity contribution in [2.45, 2.75) is 26.2 Å². The van der Waals surface area contributed by atoms with Gasteiger partial charge in [-0.1, -0.05) is 25.1 Å². The van der Waals surface area contributed by atoms with Crippen molar-refractivity contribution in [1.82, 2.24) is 4.90 Å². The molecule has 0 bridgehead atoms. The molecule has 0 aromatic heterocycles. The summed E-state index contributed by atoms with van der Waals surface area (Å²) in [6.45, 7) is 4.69. The molecular weight excluding hydrogens is 229 g/mol. The molecule has 98 valence electrons. The van der Waals surface area contributed by atoms with E-state index in [-0.39, 0.29) is 18.0 Å². The van der Waals surface area contributed by atoms with Gasteiger partial charge < -0.3 is 0 Å². The van der Waals surface area contributed by atoms with Crippen LogP contribution in [0.5, 0.6) is 0 Å². The average Bonchev–Trinajstić information content (AvgIpc) is 2.35. The van der Waals surface area contributed by atoms with Gasteiger partial charge in [0.2, 0.25) is 0 Å². The molecule has 1 aromatic rings. The minimum absolute atomic E-state index is 0.106. The highest BCUT2D eigenvalue weighted by molar-refractivity contribution is 5.82. The largest absolute Gasteiger partial charge is 0.298 e. The maximum absolute atomic E-state index is 13.4. The minimum atomic E-state index is -0.280. The number of likely N-dealkylation sites (tertiary alicyclic amines) is 1. The fourth-order valence-corrected chi connectivity index (χ4v) is 2.38. The van der Waals surface area contributed by atoms with Crippen molar-refractivity contribution < 1.29 is 9.18 Å². The molecule has 18 heavy (non-hydrogen) atoms. The molecule has 0 aliphatic carbocycles. The number of hydrogen-bond acceptors (Lipinski definition) is 2. The van der Waals surface area contributed by atoms with Gasteiger partial charge in [-0.05, 0) is 43.5 Å². The standard InChI is InChI=1S/C15H20FNO/c1-12-6-8-17(9-7-12)11-14(18)10-13-4-2-3-5-15(13)16/h2-5,12H,6-11H2,1H3. The Balaban J connectivity index is 1.84. The first-order chi connectivity index (χ1) is 8.65. The number of rotatable bonds is 4. The van der Waals surface area contributed by atoms with Crippen LogP contribution in [-0.2, 0) is 11.2 Å². The molecule has 1 fully saturated rings. The molecule has 0 spiro atoms. The third-order valence-electron chi connectivity index (χ3n) is 3.62. The molecule has 1 saturated heterocycles. The maximum atomic E-state index is 13.4. The maximum Gasteiger partial charge on any atom is 0.151 e. The zero-order chi connectivity index (χ0) is 13.0. The fraction of sp³-hybridized carbons (Fsp3) is 0.533. The first-order valence-corrected chi connectivity index (χ1v) is 6.62. The van der Waals surface area contributed by atoms with Crippen LogP contribution in [0.25, 0.3) is 0 Å². The molecule has 1 aliphatic heterocycles. The van der Waals surface area contributed by atoms with Crippen LogP contribution in [-0.4, -0.2) is 30.3 Å². The number of carbonyl (C=O) groups excluding carboxylic acids is 1. The fourth-order valence-electron chi connectivity index (χ4n) is 2.38. The molecule has 0 saturated carbocycles. The lowest BCUT2D eigenvalue weighted by Gasteiger charge is -2.29. The van der Waals surface area contributed by atoms with Crippen LogP contribution in [0.4, 0.5) is 4.39 Å². The SMILES string of the molecule is CC1CCN(CC(=O)Cc2ccccc2F)CC1. The van der Waals surface area contributed by atoms with E-state index in [9.17, 15) is 9.18 Å². The summed E-state index contributed by atoms with van der Waals surface area (Å²) in [7, 11) is 0. The molecule has 0 amide bonds. The van der Waals surface area contributed by atoms with E-state index in [0.717, 1.165) is 31.8 Å². The predicted molar refractivity (Wildman–Crippen MR) is 69.9 cm³/mol. The summed E-state index contributed by atoms with van der Waals surface area (Å²) in [5, 5.41) is 0. The van der Waals surface area contributed by atoms with E-state index in [2.05, 4.69) is 11.8 Å². The lowest BCUT2D eigenvalue weighted by atomic mass is 9.99. The van der Waals surface area contributed by atoms with Crippen molar-refractivity contribution in [3.8, 4) is 0 Å². The van der Waals surface area contributed by atoms with Crippen LogP contribution >= 0.6 is 0 Å². The Labute approximate surface area is 108 Å². The molecule has 0 N–H and O–H groups in total. The molecule has 0 atom stereocenters. The number of hydrogen-bond donors (Lipinski definition) is 0. The summed E-state index contributed by atoms with van der Waals surface area (Å²) in [4.78, 5) is 14.1. The highest BCUT2D eigenvalue weighted by atomic mass is 19.1. The van der Waals surface area contributed by atoms with Crippen molar-refractivity contribution in [3.05, 3.63) is 35.6 Å². The number of halogens is 1. The molecule has 0 radical (unpaired) electrons. The molecule has 2 nitrogen and oxygen atoms in total. The van der Waals surface area contributed by atoms with E-state index in [1.165, 1.54) is 6.07 Å². The zero-order valence-electron chi connectivity index (χ0n) is 10.9. The van der Waals surface area contributed by atoms with E-state index in [1.807, 2.05) is 0 Å². The summed E-state index contributed by atoms with van der Waals surface area (Å²) in [5.41, 5.74) is 0.507. The number of ketones is 1. The van der Waals surface area contributed by atoms with Crippen molar-refractivity contribution in [2.24, 2.45) is 5.92 Å². The third kappa shape index (κ3) is 3.64. The summed E-state index contributed by atoms with van der Waals surface area (Å²) in [6, 6.07) is 6.51. The summed E-state index contributed by atoms with van der Waals surface area (Å²) in [6.07, 6.45) is 2.53. The monoisotopic (exact) mass is 249 g/mol. The molecule has 1 aliphatic rings. The molecule has 2 rings (SSSR count). The number of carbonyl (C=O) groups is 1. The van der Waals surface area contributed by atoms with E-state index < -0.39 is 0 Å². The van der Waals surface area contributed by atoms with Crippen molar-refractivity contribution in [1.29, 1.82) is 0 Å². The first kappa shape index (κ1) is 13.2. The molecule has 1 aromatic carbocycles. The second-order valence-electron chi connectivity index (χ2n) is 5.27. The van der Waals surface area contributed by atoms with Gasteiger partial charge in [0.05, 0.1) is 6.54 Å². The van der Waals surface area contributed by atoms with Gasteiger partial charge in [0.15, 0.2) is 5.78 Å². The van der Waals surface area contributed by atoms with Gasteiger partial charge in [0.25, 0.3) is 0 Å². The highest BCUT2D eigenvalue weighted by Crippen LogP contribution is 2.16. The molecular formula is C15H20FNO. The van der Waals surface area contributed by atoms with Gasteiger partial charge in [-0.15, -0.1) is 0 Å². The van der Waals surface area contributed by atoms with Gasteiger partial charge in [-0.25, -0.2) is 4.39 Å². The molecule has 0 unspecified atom stereocenters. The van der Waals surface area contributed by atoms with Crippen LogP contribution in [0, 0.1) is 11.7 Å². The predicted octanol–water partition coefficient (Wildman–Crippen LogP) is 2.67. The van der Waals surface area contributed by atoms with Crippen LogP contribution in [0.15, 0.2) is 24.3 Å². The lowest BCUT2D eigenvalue weighted by molar-refractivity contribution is -0.119. The van der Waals surface area contributed by atoms with E-state index >= 15 is 0 Å². The van der Waals surface area contributed by atoms with Gasteiger partial charge in [-0.2, -0.15) is 0 Å². The van der Waals surface area contributed by atoms with E-state index in [0.29, 0.717) is 12.1 Å². The average molecular weight is 249 g/mol. The number of piperidine rings is 1. The van der Waals surface area contributed by atoms with E-state index in [1.54, 1.807) is 18.2 Å². The number of nitrogens with zero attached hydrogens (tertiary/aromatic N) is 1. The Morgan fingerprint density at radius 2 is 2.00 bits per heavy atom. The molecule has 3 heteroatoms. The quantitative estimate of drug-likeness (QED) is 0.817. The third-order valence-corrected chi connectivity index (χ3v) is 3.62. The first-order valence-electron chi connectivity index (χ1n) is 6.62. The van der Waals surface area contributed by atoms with Crippen LogP contribution in [0.2, 0.25) is 0 Å². The summed E-state index contributed by atoms with van der Waals surface area (Å²) < 4.78 is 13.4.